The molecule has 0 saturated heterocycles. The molecule has 9 heteroatoms. The number of rotatable bonds is 7. The van der Waals surface area contributed by atoms with Crippen molar-refractivity contribution in [3.05, 3.63) is 57.7 Å². The summed E-state index contributed by atoms with van der Waals surface area (Å²) >= 11 is 6.22. The Morgan fingerprint density at radius 1 is 1.16 bits per heavy atom. The van der Waals surface area contributed by atoms with E-state index in [1.165, 1.54) is 4.52 Å². The van der Waals surface area contributed by atoms with Crippen molar-refractivity contribution in [3.63, 3.8) is 0 Å². The lowest BCUT2D eigenvalue weighted by Crippen LogP contribution is -2.37. The van der Waals surface area contributed by atoms with Crippen LogP contribution in [0.1, 0.15) is 93.8 Å². The zero-order valence-electron chi connectivity index (χ0n) is 22.8. The van der Waals surface area contributed by atoms with E-state index < -0.39 is 11.9 Å². The minimum Gasteiger partial charge on any atom is -0.459 e. The molecule has 0 bridgehead atoms. The minimum atomic E-state index is -0.742. The lowest BCUT2D eigenvalue weighted by Gasteiger charge is -2.37. The minimum absolute atomic E-state index is 0.00274. The molecular formula is C29H35ClN4O4. The van der Waals surface area contributed by atoms with Gasteiger partial charge < -0.3 is 9.47 Å². The number of ether oxygens (including phenoxy) is 2. The van der Waals surface area contributed by atoms with E-state index in [1.54, 1.807) is 24.3 Å². The number of aromatic nitrogens is 3. The van der Waals surface area contributed by atoms with Gasteiger partial charge in [-0.2, -0.15) is 0 Å². The number of carbonyl (C=O) groups is 2. The molecule has 2 aromatic heterocycles. The fraction of sp³-hybridized carbons (Fsp3) is 0.517. The third-order valence-corrected chi connectivity index (χ3v) is 8.49. The van der Waals surface area contributed by atoms with Crippen LogP contribution in [0.25, 0.3) is 10.5 Å². The Labute approximate surface area is 228 Å². The van der Waals surface area contributed by atoms with Gasteiger partial charge in [-0.25, -0.2) is 23.9 Å². The molecule has 8 nitrogen and oxygen atoms in total. The van der Waals surface area contributed by atoms with Gasteiger partial charge in [0.1, 0.15) is 17.5 Å². The maximum atomic E-state index is 13.7. The molecule has 0 aliphatic heterocycles. The molecule has 0 amide bonds. The van der Waals surface area contributed by atoms with Crippen LogP contribution in [0, 0.1) is 24.3 Å². The summed E-state index contributed by atoms with van der Waals surface area (Å²) in [6.07, 6.45) is 3.22. The lowest BCUT2D eigenvalue weighted by molar-refractivity contribution is -0.0249. The zero-order valence-corrected chi connectivity index (χ0v) is 23.6. The number of benzene rings is 1. The summed E-state index contributed by atoms with van der Waals surface area (Å²) in [5, 5.41) is 3.42. The average Bonchev–Trinajstić information content (AvgIpc) is 3.43. The third-order valence-electron chi connectivity index (χ3n) is 8.16. The van der Waals surface area contributed by atoms with E-state index in [0.717, 1.165) is 25.7 Å². The predicted molar refractivity (Wildman–Crippen MR) is 146 cm³/mol. The van der Waals surface area contributed by atoms with Gasteiger partial charge in [0.15, 0.2) is 5.65 Å². The first-order valence-electron chi connectivity index (χ1n) is 13.2. The molecule has 1 aliphatic rings. The quantitative estimate of drug-likeness (QED) is 0.250. The Morgan fingerprint density at radius 3 is 2.37 bits per heavy atom. The largest absolute Gasteiger partial charge is 0.459 e. The number of esters is 2. The molecule has 1 aromatic carbocycles. The van der Waals surface area contributed by atoms with E-state index in [0.29, 0.717) is 11.7 Å². The molecule has 2 heterocycles. The normalized spacial score (nSPS) is 21.7. The van der Waals surface area contributed by atoms with Crippen LogP contribution >= 0.6 is 11.6 Å². The Kier molecular flexibility index (Phi) is 7.89. The van der Waals surface area contributed by atoms with Crippen molar-refractivity contribution in [3.8, 4) is 5.88 Å². The van der Waals surface area contributed by atoms with E-state index in [2.05, 4.69) is 51.5 Å². The highest BCUT2D eigenvalue weighted by atomic mass is 35.5. The van der Waals surface area contributed by atoms with E-state index in [9.17, 15) is 9.59 Å². The molecule has 3 aromatic rings. The number of nitrogens with zero attached hydrogens (tertiary/aromatic N) is 3. The number of hydrogen-bond acceptors (Lipinski definition) is 5. The van der Waals surface area contributed by atoms with Crippen LogP contribution in [0.3, 0.4) is 0 Å². The van der Waals surface area contributed by atoms with Crippen LogP contribution in [0.5, 0.6) is 5.88 Å². The molecule has 202 valence electrons. The first-order chi connectivity index (χ1) is 18.0. The first kappa shape index (κ1) is 27.7. The molecule has 1 aliphatic carbocycles. The number of nitrogens with one attached hydrogen (secondary N) is 1. The second kappa shape index (κ2) is 10.8. The van der Waals surface area contributed by atoms with E-state index in [4.69, 9.17) is 32.6 Å². The molecule has 38 heavy (non-hydrogen) atoms. The van der Waals surface area contributed by atoms with Gasteiger partial charge >= 0.3 is 11.9 Å². The van der Waals surface area contributed by atoms with Crippen molar-refractivity contribution in [2.75, 3.05) is 0 Å². The Balaban J connectivity index is 1.83. The maximum absolute atomic E-state index is 13.7. The molecule has 2 atom stereocenters. The van der Waals surface area contributed by atoms with Gasteiger partial charge in [0.2, 0.25) is 5.88 Å². The number of aromatic amines is 1. The number of halogens is 1. The average molecular weight is 539 g/mol. The molecular weight excluding hydrogens is 504 g/mol. The fourth-order valence-corrected chi connectivity index (χ4v) is 5.81. The summed E-state index contributed by atoms with van der Waals surface area (Å²) in [4.78, 5) is 35.2. The molecule has 1 N–H and O–H groups in total. The van der Waals surface area contributed by atoms with Crippen molar-refractivity contribution in [1.29, 1.82) is 0 Å². The van der Waals surface area contributed by atoms with Crippen LogP contribution in [0.2, 0.25) is 5.02 Å². The molecule has 1 fully saturated rings. The van der Waals surface area contributed by atoms with Crippen molar-refractivity contribution in [2.24, 2.45) is 17.8 Å². The van der Waals surface area contributed by atoms with Crippen LogP contribution in [0.15, 0.2) is 24.3 Å². The number of fused-ring (bicyclic) bond motifs is 1. The Morgan fingerprint density at radius 2 is 1.79 bits per heavy atom. The standard InChI is InChI=1S/C29H35ClN4O4/c1-8-29(6,9-2)28-32-24-21(27(36)37-23-17(4)14-16(3)15-18(23)5)22(31-7)25(34(24)33-28)38-26(35)19-12-10-11-13-20(19)30/h10-13,16-18,23H,8-9,14-15H2,1-6H3,(H,32,33). The van der Waals surface area contributed by atoms with Gasteiger partial charge in [0.25, 0.3) is 5.69 Å². The highest BCUT2D eigenvalue weighted by molar-refractivity contribution is 6.33. The molecule has 4 rings (SSSR count). The predicted octanol–water partition coefficient (Wildman–Crippen LogP) is 7.39. The number of H-pyrrole nitrogens is 1. The number of carbonyl (C=O) groups excluding carboxylic acids is 2. The van der Waals surface area contributed by atoms with Gasteiger partial charge in [-0.15, -0.1) is 0 Å². The van der Waals surface area contributed by atoms with Crippen LogP contribution < -0.4 is 4.74 Å². The topological polar surface area (TPSA) is 90.1 Å². The highest BCUT2D eigenvalue weighted by Crippen LogP contribution is 2.42. The fourth-order valence-electron chi connectivity index (χ4n) is 5.59. The summed E-state index contributed by atoms with van der Waals surface area (Å²) in [5.41, 5.74) is -0.0901. The number of hydrogen-bond donors (Lipinski definition) is 1. The summed E-state index contributed by atoms with van der Waals surface area (Å²) in [5.74, 6) is 0.0592. The second-order valence-corrected chi connectivity index (χ2v) is 11.3. The summed E-state index contributed by atoms with van der Waals surface area (Å²) in [6.45, 7) is 20.5. The third kappa shape index (κ3) is 4.92. The molecule has 0 radical (unpaired) electrons. The summed E-state index contributed by atoms with van der Waals surface area (Å²) < 4.78 is 13.2. The van der Waals surface area contributed by atoms with Gasteiger partial charge in [-0.1, -0.05) is 65.3 Å². The van der Waals surface area contributed by atoms with Crippen LogP contribution in [0.4, 0.5) is 5.69 Å². The van der Waals surface area contributed by atoms with Crippen LogP contribution in [-0.2, 0) is 10.2 Å². The Hall–Kier alpha value is -3.31. The Bertz CT molecular complexity index is 1390. The highest BCUT2D eigenvalue weighted by Gasteiger charge is 2.38. The van der Waals surface area contributed by atoms with E-state index in [1.807, 2.05) is 0 Å². The van der Waals surface area contributed by atoms with Gasteiger partial charge in [-0.05, 0) is 55.6 Å². The smallest absolute Gasteiger partial charge is 0.345 e. The van der Waals surface area contributed by atoms with Crippen LogP contribution in [-0.4, -0.2) is 32.6 Å². The van der Waals surface area contributed by atoms with E-state index in [-0.39, 0.29) is 56.7 Å². The SMILES string of the molecule is [C-]#[N+]c1c(C(=O)OC2C(C)CC(C)CC2C)c2nc(C(C)(CC)CC)[nH]n2c1OC(=O)c1ccccc1Cl. The first-order valence-corrected chi connectivity index (χ1v) is 13.6. The zero-order chi connectivity index (χ0) is 27.8. The van der Waals surface area contributed by atoms with Gasteiger partial charge in [0, 0.05) is 5.41 Å². The molecule has 1 saturated carbocycles. The van der Waals surface area contributed by atoms with Gasteiger partial charge in [-0.3, -0.25) is 5.10 Å². The summed E-state index contributed by atoms with van der Waals surface area (Å²) in [6, 6.07) is 6.50. The lowest BCUT2D eigenvalue weighted by atomic mass is 9.75. The van der Waals surface area contributed by atoms with Crippen molar-refractivity contribution in [1.82, 2.24) is 14.6 Å². The van der Waals surface area contributed by atoms with Crippen molar-refractivity contribution < 1.29 is 19.1 Å². The second-order valence-electron chi connectivity index (χ2n) is 10.9. The summed E-state index contributed by atoms with van der Waals surface area (Å²) in [7, 11) is 0. The van der Waals surface area contributed by atoms with Crippen molar-refractivity contribution >= 4 is 34.9 Å². The van der Waals surface area contributed by atoms with Crippen molar-refractivity contribution in [2.45, 2.75) is 78.7 Å². The van der Waals surface area contributed by atoms with Gasteiger partial charge in [0.05, 0.1) is 17.2 Å². The molecule has 0 spiro atoms. The van der Waals surface area contributed by atoms with E-state index >= 15 is 0 Å². The molecule has 2 unspecified atom stereocenters. The maximum Gasteiger partial charge on any atom is 0.345 e. The monoisotopic (exact) mass is 538 g/mol.